The summed E-state index contributed by atoms with van der Waals surface area (Å²) in [5.41, 5.74) is 7.99. The van der Waals surface area contributed by atoms with Crippen molar-refractivity contribution in [3.63, 3.8) is 0 Å². The highest BCUT2D eigenvalue weighted by molar-refractivity contribution is 6.32. The maximum Gasteiger partial charge on any atom is 0.146 e. The van der Waals surface area contributed by atoms with Gasteiger partial charge in [-0.15, -0.1) is 0 Å². The molecule has 0 radical (unpaired) electrons. The van der Waals surface area contributed by atoms with Crippen molar-refractivity contribution in [3.8, 4) is 11.5 Å². The van der Waals surface area contributed by atoms with Crippen molar-refractivity contribution in [2.24, 2.45) is 5.73 Å². The van der Waals surface area contributed by atoms with Crippen LogP contribution < -0.4 is 10.5 Å². The molecular formula is C15H16ClNO. The lowest BCUT2D eigenvalue weighted by molar-refractivity contribution is 0.472. The number of hydrogen-bond acceptors (Lipinski definition) is 2. The van der Waals surface area contributed by atoms with Gasteiger partial charge in [0.15, 0.2) is 0 Å². The van der Waals surface area contributed by atoms with E-state index in [0.29, 0.717) is 10.8 Å². The molecule has 2 N–H and O–H groups in total. The second kappa shape index (κ2) is 5.42. The van der Waals surface area contributed by atoms with Gasteiger partial charge in [0, 0.05) is 11.6 Å². The van der Waals surface area contributed by atoms with Crippen LogP contribution in [-0.4, -0.2) is 0 Å². The van der Waals surface area contributed by atoms with E-state index >= 15 is 0 Å². The molecule has 1 atom stereocenters. The minimum Gasteiger partial charge on any atom is -0.455 e. The number of aryl methyl sites for hydroxylation is 1. The van der Waals surface area contributed by atoms with E-state index < -0.39 is 0 Å². The van der Waals surface area contributed by atoms with E-state index in [1.54, 1.807) is 0 Å². The molecular weight excluding hydrogens is 246 g/mol. The Labute approximate surface area is 112 Å². The number of rotatable bonds is 3. The number of hydrogen-bond donors (Lipinski definition) is 1. The predicted molar refractivity (Wildman–Crippen MR) is 75.3 cm³/mol. The molecule has 0 saturated carbocycles. The van der Waals surface area contributed by atoms with Crippen LogP contribution in [0.15, 0.2) is 42.5 Å². The van der Waals surface area contributed by atoms with Crippen LogP contribution in [0.2, 0.25) is 5.02 Å². The summed E-state index contributed by atoms with van der Waals surface area (Å²) in [6.07, 6.45) is 0. The molecule has 18 heavy (non-hydrogen) atoms. The van der Waals surface area contributed by atoms with Gasteiger partial charge in [-0.25, -0.2) is 0 Å². The first-order chi connectivity index (χ1) is 8.58. The molecule has 2 aromatic rings. The lowest BCUT2D eigenvalue weighted by Crippen LogP contribution is -2.06. The summed E-state index contributed by atoms with van der Waals surface area (Å²) < 4.78 is 5.84. The predicted octanol–water partition coefficient (Wildman–Crippen LogP) is 4.46. The third kappa shape index (κ3) is 2.84. The van der Waals surface area contributed by atoms with Gasteiger partial charge in [-0.1, -0.05) is 35.9 Å². The molecule has 0 fully saturated rings. The molecule has 0 aliphatic rings. The smallest absolute Gasteiger partial charge is 0.146 e. The molecule has 0 spiro atoms. The number of nitrogens with two attached hydrogens (primary N) is 1. The van der Waals surface area contributed by atoms with Crippen molar-refractivity contribution in [2.45, 2.75) is 19.9 Å². The minimum atomic E-state index is -0.0783. The molecule has 94 valence electrons. The van der Waals surface area contributed by atoms with E-state index in [0.717, 1.165) is 16.9 Å². The van der Waals surface area contributed by atoms with E-state index in [1.165, 1.54) is 0 Å². The van der Waals surface area contributed by atoms with Gasteiger partial charge in [-0.3, -0.25) is 0 Å². The van der Waals surface area contributed by atoms with Gasteiger partial charge in [0.2, 0.25) is 0 Å². The molecule has 0 heterocycles. The summed E-state index contributed by atoms with van der Waals surface area (Å²) in [6.45, 7) is 3.92. The zero-order valence-corrected chi connectivity index (χ0v) is 11.2. The second-order valence-electron chi connectivity index (χ2n) is 4.36. The summed E-state index contributed by atoms with van der Waals surface area (Å²) >= 11 is 6.16. The standard InChI is InChI=1S/C15H16ClNO/c1-10-7-8-15(13(16)9-10)18-14-6-4-3-5-12(14)11(2)17/h3-9,11H,17H2,1-2H3. The summed E-state index contributed by atoms with van der Waals surface area (Å²) in [6, 6.07) is 13.4. The molecule has 2 nitrogen and oxygen atoms in total. The van der Waals surface area contributed by atoms with Crippen LogP contribution in [0.5, 0.6) is 11.5 Å². The third-order valence-corrected chi connectivity index (χ3v) is 3.01. The second-order valence-corrected chi connectivity index (χ2v) is 4.77. The van der Waals surface area contributed by atoms with Gasteiger partial charge in [0.1, 0.15) is 11.5 Å². The fraction of sp³-hybridized carbons (Fsp3) is 0.200. The van der Waals surface area contributed by atoms with Gasteiger partial charge in [-0.2, -0.15) is 0 Å². The Kier molecular flexibility index (Phi) is 3.90. The average molecular weight is 262 g/mol. The molecule has 0 aromatic heterocycles. The zero-order chi connectivity index (χ0) is 13.1. The number of benzene rings is 2. The Hall–Kier alpha value is -1.51. The van der Waals surface area contributed by atoms with Crippen LogP contribution in [-0.2, 0) is 0 Å². The zero-order valence-electron chi connectivity index (χ0n) is 10.5. The molecule has 2 rings (SSSR count). The van der Waals surface area contributed by atoms with Crippen molar-refractivity contribution in [1.82, 2.24) is 0 Å². The van der Waals surface area contributed by atoms with Crippen molar-refractivity contribution >= 4 is 11.6 Å². The molecule has 0 amide bonds. The highest BCUT2D eigenvalue weighted by Crippen LogP contribution is 2.33. The average Bonchev–Trinajstić information content (AvgIpc) is 2.33. The van der Waals surface area contributed by atoms with Gasteiger partial charge in [0.05, 0.1) is 5.02 Å². The summed E-state index contributed by atoms with van der Waals surface area (Å²) in [7, 11) is 0. The van der Waals surface area contributed by atoms with Crippen LogP contribution in [0, 0.1) is 6.92 Å². The Morgan fingerprint density at radius 1 is 1.11 bits per heavy atom. The highest BCUT2D eigenvalue weighted by atomic mass is 35.5. The van der Waals surface area contributed by atoms with Crippen LogP contribution in [0.4, 0.5) is 0 Å². The van der Waals surface area contributed by atoms with Crippen LogP contribution in [0.1, 0.15) is 24.1 Å². The molecule has 0 saturated heterocycles. The van der Waals surface area contributed by atoms with Gasteiger partial charge < -0.3 is 10.5 Å². The largest absolute Gasteiger partial charge is 0.455 e. The SMILES string of the molecule is Cc1ccc(Oc2ccccc2C(C)N)c(Cl)c1. The summed E-state index contributed by atoms with van der Waals surface area (Å²) in [4.78, 5) is 0. The van der Waals surface area contributed by atoms with Crippen molar-refractivity contribution < 1.29 is 4.74 Å². The maximum atomic E-state index is 6.16. The molecule has 1 unspecified atom stereocenters. The Bertz CT molecular complexity index is 552. The number of halogens is 1. The normalized spacial score (nSPS) is 12.2. The Morgan fingerprint density at radius 3 is 2.50 bits per heavy atom. The fourth-order valence-corrected chi connectivity index (χ4v) is 2.03. The Morgan fingerprint density at radius 2 is 1.83 bits per heavy atom. The third-order valence-electron chi connectivity index (χ3n) is 2.72. The lowest BCUT2D eigenvalue weighted by Gasteiger charge is -2.14. The van der Waals surface area contributed by atoms with E-state index in [2.05, 4.69) is 0 Å². The monoisotopic (exact) mass is 261 g/mol. The minimum absolute atomic E-state index is 0.0783. The first-order valence-corrected chi connectivity index (χ1v) is 6.24. The van der Waals surface area contributed by atoms with Gasteiger partial charge in [-0.05, 0) is 37.6 Å². The van der Waals surface area contributed by atoms with E-state index in [1.807, 2.05) is 56.3 Å². The number of para-hydroxylation sites is 1. The molecule has 0 aliphatic carbocycles. The topological polar surface area (TPSA) is 35.2 Å². The van der Waals surface area contributed by atoms with E-state index in [4.69, 9.17) is 22.1 Å². The molecule has 3 heteroatoms. The lowest BCUT2D eigenvalue weighted by atomic mass is 10.1. The first kappa shape index (κ1) is 12.9. The highest BCUT2D eigenvalue weighted by Gasteiger charge is 2.09. The Balaban J connectivity index is 2.34. The van der Waals surface area contributed by atoms with Crippen molar-refractivity contribution in [1.29, 1.82) is 0 Å². The van der Waals surface area contributed by atoms with Crippen molar-refractivity contribution in [3.05, 3.63) is 58.6 Å². The molecule has 0 aliphatic heterocycles. The van der Waals surface area contributed by atoms with Gasteiger partial charge >= 0.3 is 0 Å². The van der Waals surface area contributed by atoms with Gasteiger partial charge in [0.25, 0.3) is 0 Å². The first-order valence-electron chi connectivity index (χ1n) is 5.86. The van der Waals surface area contributed by atoms with E-state index in [-0.39, 0.29) is 6.04 Å². The van der Waals surface area contributed by atoms with Crippen LogP contribution in [0.3, 0.4) is 0 Å². The maximum absolute atomic E-state index is 6.16. The van der Waals surface area contributed by atoms with Crippen LogP contribution >= 0.6 is 11.6 Å². The number of ether oxygens (including phenoxy) is 1. The van der Waals surface area contributed by atoms with E-state index in [9.17, 15) is 0 Å². The van der Waals surface area contributed by atoms with Crippen LogP contribution in [0.25, 0.3) is 0 Å². The fourth-order valence-electron chi connectivity index (χ4n) is 1.76. The summed E-state index contributed by atoms with van der Waals surface area (Å²) in [5.74, 6) is 1.40. The molecule has 0 bridgehead atoms. The van der Waals surface area contributed by atoms with Crippen molar-refractivity contribution in [2.75, 3.05) is 0 Å². The summed E-state index contributed by atoms with van der Waals surface area (Å²) in [5, 5.41) is 0.606. The quantitative estimate of drug-likeness (QED) is 0.885. The molecule has 2 aromatic carbocycles.